The third-order valence-corrected chi connectivity index (χ3v) is 5.82. The molecule has 0 aliphatic heterocycles. The number of carboxylic acids is 1. The van der Waals surface area contributed by atoms with Crippen molar-refractivity contribution in [3.63, 3.8) is 0 Å². The van der Waals surface area contributed by atoms with E-state index in [2.05, 4.69) is 17.2 Å². The maximum Gasteiger partial charge on any atom is 0.303 e. The minimum absolute atomic E-state index is 0.00902. The largest absolute Gasteiger partial charge is 0.494 e. The number of aliphatic carboxylic acids is 1. The number of aromatic nitrogens is 1. The summed E-state index contributed by atoms with van der Waals surface area (Å²) in [4.78, 5) is 18.8. The number of nitrogens with zero attached hydrogens (tertiary/aromatic N) is 1. The molecule has 4 rings (SSSR count). The molecule has 0 atom stereocenters. The molecule has 0 spiro atoms. The summed E-state index contributed by atoms with van der Waals surface area (Å²) in [6.07, 6.45) is 0.524. The van der Waals surface area contributed by atoms with Crippen molar-refractivity contribution < 1.29 is 15.0 Å². The fourth-order valence-electron chi connectivity index (χ4n) is 3.83. The molecule has 0 aliphatic rings. The summed E-state index contributed by atoms with van der Waals surface area (Å²) in [7, 11) is 0. The van der Waals surface area contributed by atoms with Gasteiger partial charge in [-0.1, -0.05) is 61.0 Å². The minimum Gasteiger partial charge on any atom is -0.494 e. The Morgan fingerprint density at radius 2 is 1.74 bits per heavy atom. The first-order valence-corrected chi connectivity index (χ1v) is 11.5. The van der Waals surface area contributed by atoms with Gasteiger partial charge >= 0.3 is 5.97 Å². The SMILES string of the molecule is CCNCc1ccc(N=C(c2ccc(CCC(=O)O)cc2)c2c(O)[nH]c3cc(Cl)ccc23)cc1. The Morgan fingerprint density at radius 3 is 2.41 bits per heavy atom. The summed E-state index contributed by atoms with van der Waals surface area (Å²) < 4.78 is 0. The highest BCUT2D eigenvalue weighted by Crippen LogP contribution is 2.33. The van der Waals surface area contributed by atoms with Gasteiger partial charge in [0.1, 0.15) is 0 Å². The number of benzene rings is 3. The number of aryl methyl sites for hydroxylation is 1. The molecule has 1 aromatic heterocycles. The van der Waals surface area contributed by atoms with Crippen molar-refractivity contribution in [2.24, 2.45) is 4.99 Å². The summed E-state index contributed by atoms with van der Waals surface area (Å²) in [5, 5.41) is 24.5. The smallest absolute Gasteiger partial charge is 0.303 e. The van der Waals surface area contributed by atoms with Crippen LogP contribution in [-0.2, 0) is 17.8 Å². The maximum atomic E-state index is 10.9. The predicted octanol–water partition coefficient (Wildman–Crippen LogP) is 5.82. The number of halogens is 1. The van der Waals surface area contributed by atoms with Crippen molar-refractivity contribution in [3.8, 4) is 5.88 Å². The number of H-pyrrole nitrogens is 1. The minimum atomic E-state index is -0.828. The van der Waals surface area contributed by atoms with Gasteiger partial charge < -0.3 is 20.5 Å². The quantitative estimate of drug-likeness (QED) is 0.229. The normalized spacial score (nSPS) is 11.8. The first-order chi connectivity index (χ1) is 16.4. The second kappa shape index (κ2) is 10.5. The standard InChI is InChI=1S/C27H26ClN3O3/c1-2-29-16-18-5-11-21(12-6-18)30-26(19-8-3-17(4-9-19)7-14-24(32)33)25-22-13-10-20(28)15-23(22)31-27(25)34/h3-6,8-13,15,29,31,34H,2,7,14,16H2,1H3,(H,32,33). The van der Waals surface area contributed by atoms with E-state index in [1.165, 1.54) is 0 Å². The molecular weight excluding hydrogens is 450 g/mol. The number of aliphatic imine (C=N–C) groups is 1. The highest BCUT2D eigenvalue weighted by atomic mass is 35.5. The first kappa shape index (κ1) is 23.5. The summed E-state index contributed by atoms with van der Waals surface area (Å²) in [5.74, 6) is -0.818. The Morgan fingerprint density at radius 1 is 1.03 bits per heavy atom. The Balaban J connectivity index is 1.78. The Hall–Kier alpha value is -3.61. The van der Waals surface area contributed by atoms with Crippen LogP contribution in [0.3, 0.4) is 0 Å². The molecule has 0 unspecified atom stereocenters. The average molecular weight is 476 g/mol. The Kier molecular flexibility index (Phi) is 7.30. The monoisotopic (exact) mass is 475 g/mol. The molecule has 1 heterocycles. The molecule has 0 radical (unpaired) electrons. The Labute approximate surface area is 202 Å². The molecule has 4 N–H and O–H groups in total. The van der Waals surface area contributed by atoms with Crippen LogP contribution in [0.5, 0.6) is 5.88 Å². The second-order valence-electron chi connectivity index (χ2n) is 8.04. The maximum absolute atomic E-state index is 10.9. The lowest BCUT2D eigenvalue weighted by Gasteiger charge is -2.10. The molecular formula is C27H26ClN3O3. The van der Waals surface area contributed by atoms with Gasteiger partial charge in [-0.25, -0.2) is 4.99 Å². The zero-order valence-electron chi connectivity index (χ0n) is 18.8. The van der Waals surface area contributed by atoms with Crippen LogP contribution in [-0.4, -0.2) is 33.4 Å². The third kappa shape index (κ3) is 5.47. The van der Waals surface area contributed by atoms with Crippen LogP contribution < -0.4 is 5.32 Å². The van der Waals surface area contributed by atoms with Crippen molar-refractivity contribution in [3.05, 3.63) is 94.0 Å². The highest BCUT2D eigenvalue weighted by Gasteiger charge is 2.19. The number of hydrogen-bond acceptors (Lipinski definition) is 4. The van der Waals surface area contributed by atoms with Gasteiger partial charge in [0.25, 0.3) is 0 Å². The molecule has 0 amide bonds. The van der Waals surface area contributed by atoms with Gasteiger partial charge in [0, 0.05) is 28.9 Å². The molecule has 0 fully saturated rings. The van der Waals surface area contributed by atoms with Gasteiger partial charge in [-0.2, -0.15) is 0 Å². The van der Waals surface area contributed by atoms with Crippen LogP contribution in [0.2, 0.25) is 5.02 Å². The lowest BCUT2D eigenvalue weighted by atomic mass is 9.98. The fraction of sp³-hybridized carbons (Fsp3) is 0.185. The number of aromatic amines is 1. The van der Waals surface area contributed by atoms with E-state index >= 15 is 0 Å². The van der Waals surface area contributed by atoms with E-state index in [1.807, 2.05) is 54.6 Å². The average Bonchev–Trinajstić information content (AvgIpc) is 3.15. The van der Waals surface area contributed by atoms with E-state index in [4.69, 9.17) is 21.7 Å². The van der Waals surface area contributed by atoms with Crippen molar-refractivity contribution in [2.45, 2.75) is 26.3 Å². The fourth-order valence-corrected chi connectivity index (χ4v) is 4.00. The van der Waals surface area contributed by atoms with E-state index in [9.17, 15) is 9.90 Å². The zero-order valence-corrected chi connectivity index (χ0v) is 19.6. The first-order valence-electron chi connectivity index (χ1n) is 11.1. The van der Waals surface area contributed by atoms with E-state index in [0.717, 1.165) is 40.9 Å². The molecule has 0 aliphatic carbocycles. The van der Waals surface area contributed by atoms with Gasteiger partial charge in [-0.15, -0.1) is 0 Å². The number of nitrogens with one attached hydrogen (secondary N) is 2. The van der Waals surface area contributed by atoms with E-state index in [-0.39, 0.29) is 12.3 Å². The summed E-state index contributed by atoms with van der Waals surface area (Å²) >= 11 is 6.15. The van der Waals surface area contributed by atoms with E-state index in [0.29, 0.717) is 28.2 Å². The number of carbonyl (C=O) groups is 1. The Bertz CT molecular complexity index is 1330. The highest BCUT2D eigenvalue weighted by molar-refractivity contribution is 6.31. The number of hydrogen-bond donors (Lipinski definition) is 4. The molecule has 34 heavy (non-hydrogen) atoms. The molecule has 6 nitrogen and oxygen atoms in total. The van der Waals surface area contributed by atoms with Crippen LogP contribution in [0.15, 0.2) is 71.7 Å². The van der Waals surface area contributed by atoms with Crippen LogP contribution in [0.4, 0.5) is 5.69 Å². The lowest BCUT2D eigenvalue weighted by Crippen LogP contribution is -2.11. The van der Waals surface area contributed by atoms with Gasteiger partial charge in [0.2, 0.25) is 0 Å². The van der Waals surface area contributed by atoms with Crippen molar-refractivity contribution >= 4 is 39.9 Å². The van der Waals surface area contributed by atoms with Gasteiger partial charge in [0.05, 0.1) is 22.5 Å². The molecule has 174 valence electrons. The molecule has 0 bridgehead atoms. The molecule has 3 aromatic carbocycles. The molecule has 0 saturated carbocycles. The van der Waals surface area contributed by atoms with Crippen molar-refractivity contribution in [1.82, 2.24) is 10.3 Å². The molecule has 0 saturated heterocycles. The number of carboxylic acid groups (broad SMARTS) is 1. The van der Waals surface area contributed by atoms with Gasteiger partial charge in [-0.3, -0.25) is 4.79 Å². The van der Waals surface area contributed by atoms with Crippen LogP contribution >= 0.6 is 11.6 Å². The predicted molar refractivity (Wildman–Crippen MR) is 136 cm³/mol. The number of aromatic hydroxyl groups is 1. The van der Waals surface area contributed by atoms with Crippen molar-refractivity contribution in [1.29, 1.82) is 0 Å². The van der Waals surface area contributed by atoms with Crippen LogP contribution in [0, 0.1) is 0 Å². The van der Waals surface area contributed by atoms with E-state index in [1.54, 1.807) is 12.1 Å². The third-order valence-electron chi connectivity index (χ3n) is 5.59. The van der Waals surface area contributed by atoms with Crippen LogP contribution in [0.1, 0.15) is 35.6 Å². The summed E-state index contributed by atoms with van der Waals surface area (Å²) in [6.45, 7) is 3.75. The van der Waals surface area contributed by atoms with Crippen LogP contribution in [0.25, 0.3) is 10.9 Å². The molecule has 7 heteroatoms. The molecule has 4 aromatic rings. The topological polar surface area (TPSA) is 97.7 Å². The zero-order chi connectivity index (χ0) is 24.1. The second-order valence-corrected chi connectivity index (χ2v) is 8.47. The van der Waals surface area contributed by atoms with Gasteiger partial charge in [0.15, 0.2) is 5.88 Å². The van der Waals surface area contributed by atoms with Gasteiger partial charge in [-0.05, 0) is 48.4 Å². The number of rotatable bonds is 9. The number of fused-ring (bicyclic) bond motifs is 1. The van der Waals surface area contributed by atoms with Crippen molar-refractivity contribution in [2.75, 3.05) is 6.54 Å². The van der Waals surface area contributed by atoms with E-state index < -0.39 is 5.97 Å². The summed E-state index contributed by atoms with van der Waals surface area (Å²) in [5.41, 5.74) is 5.56. The lowest BCUT2D eigenvalue weighted by molar-refractivity contribution is -0.136. The summed E-state index contributed by atoms with van der Waals surface area (Å²) in [6, 6.07) is 21.0.